The summed E-state index contributed by atoms with van der Waals surface area (Å²) in [6, 6.07) is 7.57. The van der Waals surface area contributed by atoms with Crippen LogP contribution in [0.25, 0.3) is 0 Å². The Labute approximate surface area is 166 Å². The van der Waals surface area contributed by atoms with Crippen molar-refractivity contribution in [3.05, 3.63) is 41.2 Å². The van der Waals surface area contributed by atoms with E-state index in [1.54, 1.807) is 11.9 Å². The molecule has 1 spiro atoms. The van der Waals surface area contributed by atoms with Crippen molar-refractivity contribution in [1.29, 1.82) is 0 Å². The lowest BCUT2D eigenvalue weighted by Crippen LogP contribution is -2.24. The van der Waals surface area contributed by atoms with Crippen LogP contribution in [0.4, 0.5) is 14.5 Å². The van der Waals surface area contributed by atoms with Crippen LogP contribution in [0.5, 0.6) is 5.75 Å². The second-order valence-electron chi connectivity index (χ2n) is 7.75. The molecule has 2 heterocycles. The summed E-state index contributed by atoms with van der Waals surface area (Å²) in [6.45, 7) is 0.472. The van der Waals surface area contributed by atoms with Crippen LogP contribution in [0.15, 0.2) is 24.3 Å². The van der Waals surface area contributed by atoms with E-state index in [-0.39, 0.29) is 24.4 Å². The van der Waals surface area contributed by atoms with Crippen LogP contribution >= 0.6 is 0 Å². The zero-order chi connectivity index (χ0) is 20.8. The van der Waals surface area contributed by atoms with Gasteiger partial charge in [0.25, 0.3) is 11.8 Å². The first-order valence-corrected chi connectivity index (χ1v) is 9.46. The molecule has 1 atom stereocenters. The molecular weight excluding hydrogens is 382 g/mol. The van der Waals surface area contributed by atoms with Crippen molar-refractivity contribution < 1.29 is 23.1 Å². The minimum Gasteiger partial charge on any atom is -0.491 e. The van der Waals surface area contributed by atoms with Crippen LogP contribution in [0, 0.1) is 5.41 Å². The summed E-state index contributed by atoms with van der Waals surface area (Å²) in [4.78, 5) is 24.1. The minimum atomic E-state index is -2.59. The van der Waals surface area contributed by atoms with Crippen LogP contribution in [-0.2, 0) is 17.6 Å². The molecule has 154 valence electrons. The number of alkyl halides is 2. The third kappa shape index (κ3) is 3.34. The Morgan fingerprint density at radius 1 is 1.31 bits per heavy atom. The van der Waals surface area contributed by atoms with E-state index in [1.165, 1.54) is 0 Å². The second-order valence-corrected chi connectivity index (χ2v) is 7.75. The number of benzene rings is 1. The Morgan fingerprint density at radius 3 is 2.72 bits per heavy atom. The van der Waals surface area contributed by atoms with Crippen molar-refractivity contribution in [2.24, 2.45) is 11.1 Å². The molecule has 1 aliphatic heterocycles. The van der Waals surface area contributed by atoms with E-state index in [0.717, 1.165) is 17.1 Å². The van der Waals surface area contributed by atoms with Gasteiger partial charge in [0, 0.05) is 30.1 Å². The first kappa shape index (κ1) is 19.4. The van der Waals surface area contributed by atoms with Crippen LogP contribution < -0.4 is 15.4 Å². The van der Waals surface area contributed by atoms with E-state index in [9.17, 15) is 18.4 Å². The molecule has 5 rings (SSSR count). The van der Waals surface area contributed by atoms with Gasteiger partial charge in [-0.2, -0.15) is 5.10 Å². The van der Waals surface area contributed by atoms with Gasteiger partial charge in [-0.05, 0) is 31.4 Å². The zero-order valence-electron chi connectivity index (χ0n) is 16.0. The number of amides is 2. The highest BCUT2D eigenvalue weighted by Gasteiger charge is 2.71. The lowest BCUT2D eigenvalue weighted by atomic mass is 9.83. The molecule has 7 nitrogen and oxygen atoms in total. The van der Waals surface area contributed by atoms with E-state index in [4.69, 9.17) is 10.5 Å². The number of aromatic amines is 1. The van der Waals surface area contributed by atoms with Gasteiger partial charge in [-0.3, -0.25) is 14.7 Å². The SMILES string of the molecule is CN1C(=O)CCOc2ccccc21.NC(=O)c1n[nH]c2c1CC1(CC2)CC1(F)F. The highest BCUT2D eigenvalue weighted by molar-refractivity contribution is 5.95. The van der Waals surface area contributed by atoms with Gasteiger partial charge in [0.2, 0.25) is 5.91 Å². The summed E-state index contributed by atoms with van der Waals surface area (Å²) in [6.07, 6.45) is 1.55. The van der Waals surface area contributed by atoms with Crippen molar-refractivity contribution in [3.63, 3.8) is 0 Å². The summed E-state index contributed by atoms with van der Waals surface area (Å²) in [5.41, 5.74) is 6.56. The predicted octanol–water partition coefficient (Wildman–Crippen LogP) is 2.45. The van der Waals surface area contributed by atoms with Gasteiger partial charge in [0.05, 0.1) is 18.7 Å². The lowest BCUT2D eigenvalue weighted by Gasteiger charge is -2.21. The molecule has 9 heteroatoms. The number of nitrogens with two attached hydrogens (primary N) is 1. The minimum absolute atomic E-state index is 0.0805. The van der Waals surface area contributed by atoms with Gasteiger partial charge in [-0.1, -0.05) is 12.1 Å². The number of primary amides is 1. The van der Waals surface area contributed by atoms with Crippen LogP contribution in [0.2, 0.25) is 0 Å². The third-order valence-electron chi connectivity index (χ3n) is 5.94. The number of H-pyrrole nitrogens is 1. The Kier molecular flexibility index (Phi) is 4.55. The monoisotopic (exact) mass is 404 g/mol. The number of nitrogens with zero attached hydrogens (tertiary/aromatic N) is 2. The molecule has 3 N–H and O–H groups in total. The van der Waals surface area contributed by atoms with E-state index in [0.29, 0.717) is 31.4 Å². The number of hydrogen-bond acceptors (Lipinski definition) is 4. The number of aryl methyl sites for hydroxylation is 1. The lowest BCUT2D eigenvalue weighted by molar-refractivity contribution is -0.118. The molecule has 29 heavy (non-hydrogen) atoms. The summed E-state index contributed by atoms with van der Waals surface area (Å²) < 4.78 is 31.9. The molecule has 2 aromatic rings. The van der Waals surface area contributed by atoms with Crippen molar-refractivity contribution in [1.82, 2.24) is 10.2 Å². The molecule has 2 aliphatic carbocycles. The fourth-order valence-electron chi connectivity index (χ4n) is 4.04. The summed E-state index contributed by atoms with van der Waals surface area (Å²) in [5.74, 6) is -2.35. The average Bonchev–Trinajstić information content (AvgIpc) is 3.04. The van der Waals surface area contributed by atoms with Crippen molar-refractivity contribution >= 4 is 17.5 Å². The van der Waals surface area contributed by atoms with Crippen molar-refractivity contribution in [3.8, 4) is 5.75 Å². The number of ether oxygens (including phenoxy) is 1. The van der Waals surface area contributed by atoms with Crippen LogP contribution in [-0.4, -0.2) is 41.6 Å². The fourth-order valence-corrected chi connectivity index (χ4v) is 4.04. The molecule has 3 aliphatic rings. The summed E-state index contributed by atoms with van der Waals surface area (Å²) in [7, 11) is 1.77. The number of anilines is 1. The topological polar surface area (TPSA) is 101 Å². The normalized spacial score (nSPS) is 23.8. The van der Waals surface area contributed by atoms with E-state index >= 15 is 0 Å². The molecule has 1 fully saturated rings. The predicted molar refractivity (Wildman–Crippen MR) is 101 cm³/mol. The average molecular weight is 404 g/mol. The number of halogens is 2. The number of carbonyl (C=O) groups excluding carboxylic acids is 2. The number of fused-ring (bicyclic) bond motifs is 2. The maximum absolute atomic E-state index is 13.3. The smallest absolute Gasteiger partial charge is 0.269 e. The molecule has 1 saturated carbocycles. The van der Waals surface area contributed by atoms with Crippen LogP contribution in [0.3, 0.4) is 0 Å². The Bertz CT molecular complexity index is 974. The number of aromatic nitrogens is 2. The van der Waals surface area contributed by atoms with E-state index in [1.807, 2.05) is 24.3 Å². The number of nitrogens with one attached hydrogen (secondary N) is 1. The largest absolute Gasteiger partial charge is 0.491 e. The first-order chi connectivity index (χ1) is 13.7. The number of hydrogen-bond donors (Lipinski definition) is 2. The van der Waals surface area contributed by atoms with Gasteiger partial charge < -0.3 is 15.4 Å². The van der Waals surface area contributed by atoms with Crippen molar-refractivity contribution in [2.75, 3.05) is 18.6 Å². The molecule has 1 aromatic carbocycles. The molecule has 0 saturated heterocycles. The highest BCUT2D eigenvalue weighted by atomic mass is 19.3. The Hall–Kier alpha value is -2.97. The quantitative estimate of drug-likeness (QED) is 0.762. The molecule has 1 aromatic heterocycles. The second kappa shape index (κ2) is 6.82. The molecule has 0 radical (unpaired) electrons. The zero-order valence-corrected chi connectivity index (χ0v) is 16.0. The van der Waals surface area contributed by atoms with Gasteiger partial charge in [-0.25, -0.2) is 8.78 Å². The van der Waals surface area contributed by atoms with Gasteiger partial charge in [0.15, 0.2) is 5.69 Å². The maximum Gasteiger partial charge on any atom is 0.269 e. The maximum atomic E-state index is 13.3. The fraction of sp³-hybridized carbons (Fsp3) is 0.450. The highest BCUT2D eigenvalue weighted by Crippen LogP contribution is 2.66. The van der Waals surface area contributed by atoms with Gasteiger partial charge >= 0.3 is 0 Å². The molecule has 0 bridgehead atoms. The van der Waals surface area contributed by atoms with Crippen LogP contribution in [0.1, 0.15) is 41.0 Å². The van der Waals surface area contributed by atoms with Gasteiger partial charge in [0.1, 0.15) is 5.75 Å². The van der Waals surface area contributed by atoms with Crippen molar-refractivity contribution in [2.45, 2.75) is 38.0 Å². The number of rotatable bonds is 1. The van der Waals surface area contributed by atoms with E-state index < -0.39 is 17.2 Å². The summed E-state index contributed by atoms with van der Waals surface area (Å²) >= 11 is 0. The first-order valence-electron chi connectivity index (χ1n) is 9.46. The standard InChI is InChI=1S/C10H11F2N3O.C10H11NO2/c11-10(12)4-9(10)2-1-6-5(3-9)7(8(13)16)15-14-6;1-11-8-4-2-3-5-9(8)13-7-6-10(11)12/h1-4H2,(H2,13,16)(H,14,15);2-5H,6-7H2,1H3. The molecular formula is C20H22F2N4O3. The summed E-state index contributed by atoms with van der Waals surface area (Å²) in [5, 5.41) is 6.50. The molecule has 1 unspecified atom stereocenters. The Balaban J connectivity index is 0.000000145. The van der Waals surface area contributed by atoms with E-state index in [2.05, 4.69) is 10.2 Å². The Morgan fingerprint density at radius 2 is 2.03 bits per heavy atom. The molecule has 2 amide bonds. The third-order valence-corrected chi connectivity index (χ3v) is 5.94. The number of carbonyl (C=O) groups is 2. The number of para-hydroxylation sites is 2. The van der Waals surface area contributed by atoms with Gasteiger partial charge in [-0.15, -0.1) is 0 Å².